The molecule has 0 spiro atoms. The molecule has 0 unspecified atom stereocenters. The van der Waals surface area contributed by atoms with Crippen LogP contribution in [0.5, 0.6) is 5.75 Å². The third-order valence-corrected chi connectivity index (χ3v) is 2.81. The first-order chi connectivity index (χ1) is 9.81. The van der Waals surface area contributed by atoms with E-state index in [-0.39, 0.29) is 5.76 Å². The van der Waals surface area contributed by atoms with Gasteiger partial charge in [0.25, 0.3) is 0 Å². The molecular formula is C13H10N4O3. The largest absolute Gasteiger partial charge is 0.497 e. The second-order valence-electron chi connectivity index (χ2n) is 3.96. The number of methoxy groups -OCH3 is 1. The van der Waals surface area contributed by atoms with E-state index in [0.717, 1.165) is 11.3 Å². The lowest BCUT2D eigenvalue weighted by atomic mass is 10.1. The Morgan fingerprint density at radius 1 is 1.30 bits per heavy atom. The summed E-state index contributed by atoms with van der Waals surface area (Å²) >= 11 is 0. The van der Waals surface area contributed by atoms with Crippen LogP contribution in [0.15, 0.2) is 41.1 Å². The molecule has 0 amide bonds. The molecule has 20 heavy (non-hydrogen) atoms. The topological polar surface area (TPSA) is 83.0 Å². The summed E-state index contributed by atoms with van der Waals surface area (Å²) in [6, 6.07) is 8.72. The SMILES string of the molecule is COc1ccc(-n2cnnn2)c(-c2ccc(C=O)o2)c1. The number of aromatic nitrogens is 4. The van der Waals surface area contributed by atoms with Gasteiger partial charge in [0.2, 0.25) is 0 Å². The van der Waals surface area contributed by atoms with Crippen molar-refractivity contribution in [1.82, 2.24) is 20.2 Å². The second kappa shape index (κ2) is 4.96. The van der Waals surface area contributed by atoms with Crippen LogP contribution in [0.3, 0.4) is 0 Å². The molecule has 3 rings (SSSR count). The lowest BCUT2D eigenvalue weighted by Gasteiger charge is -2.08. The van der Waals surface area contributed by atoms with Crippen molar-refractivity contribution < 1.29 is 13.9 Å². The van der Waals surface area contributed by atoms with Crippen LogP contribution in [0.25, 0.3) is 17.0 Å². The normalized spacial score (nSPS) is 10.4. The summed E-state index contributed by atoms with van der Waals surface area (Å²) in [4.78, 5) is 10.7. The van der Waals surface area contributed by atoms with Crippen molar-refractivity contribution in [3.63, 3.8) is 0 Å². The van der Waals surface area contributed by atoms with Gasteiger partial charge >= 0.3 is 0 Å². The van der Waals surface area contributed by atoms with Gasteiger partial charge in [0.1, 0.15) is 17.8 Å². The first-order valence-corrected chi connectivity index (χ1v) is 5.78. The number of carbonyl (C=O) groups excluding carboxylic acids is 1. The third-order valence-electron chi connectivity index (χ3n) is 2.81. The first kappa shape index (κ1) is 12.1. The van der Waals surface area contributed by atoms with Gasteiger partial charge in [-0.25, -0.2) is 0 Å². The van der Waals surface area contributed by atoms with Crippen molar-refractivity contribution in [3.8, 4) is 22.8 Å². The van der Waals surface area contributed by atoms with E-state index in [0.29, 0.717) is 17.8 Å². The molecule has 1 aromatic carbocycles. The van der Waals surface area contributed by atoms with Crippen molar-refractivity contribution in [2.45, 2.75) is 0 Å². The molecule has 0 aliphatic heterocycles. The minimum atomic E-state index is 0.255. The number of furan rings is 1. The van der Waals surface area contributed by atoms with E-state index in [1.807, 2.05) is 6.07 Å². The molecule has 2 aromatic heterocycles. The third kappa shape index (κ3) is 2.05. The Morgan fingerprint density at radius 2 is 2.20 bits per heavy atom. The van der Waals surface area contributed by atoms with Gasteiger partial charge in [0.05, 0.1) is 12.8 Å². The quantitative estimate of drug-likeness (QED) is 0.671. The molecule has 0 bridgehead atoms. The Morgan fingerprint density at radius 3 is 2.85 bits per heavy atom. The Bertz CT molecular complexity index is 734. The molecule has 0 atom stereocenters. The van der Waals surface area contributed by atoms with Crippen LogP contribution in [0, 0.1) is 0 Å². The Kier molecular flexibility index (Phi) is 3.00. The zero-order valence-corrected chi connectivity index (χ0v) is 10.6. The van der Waals surface area contributed by atoms with E-state index in [1.54, 1.807) is 31.4 Å². The van der Waals surface area contributed by atoms with E-state index in [9.17, 15) is 4.79 Å². The molecule has 100 valence electrons. The molecule has 7 nitrogen and oxygen atoms in total. The smallest absolute Gasteiger partial charge is 0.185 e. The van der Waals surface area contributed by atoms with Crippen LogP contribution in [-0.4, -0.2) is 33.6 Å². The summed E-state index contributed by atoms with van der Waals surface area (Å²) in [6.45, 7) is 0. The van der Waals surface area contributed by atoms with E-state index < -0.39 is 0 Å². The van der Waals surface area contributed by atoms with Crippen molar-refractivity contribution in [3.05, 3.63) is 42.4 Å². The first-order valence-electron chi connectivity index (χ1n) is 5.78. The van der Waals surface area contributed by atoms with Gasteiger partial charge in [-0.2, -0.15) is 4.68 Å². The van der Waals surface area contributed by atoms with Crippen LogP contribution >= 0.6 is 0 Å². The maximum atomic E-state index is 10.7. The monoisotopic (exact) mass is 270 g/mol. The number of carbonyl (C=O) groups is 1. The van der Waals surface area contributed by atoms with Crippen LogP contribution in [-0.2, 0) is 0 Å². The van der Waals surface area contributed by atoms with E-state index in [1.165, 1.54) is 11.0 Å². The molecule has 0 saturated carbocycles. The molecular weight excluding hydrogens is 260 g/mol. The Balaban J connectivity index is 2.17. The number of tetrazole rings is 1. The molecule has 0 saturated heterocycles. The van der Waals surface area contributed by atoms with Crippen LogP contribution < -0.4 is 4.74 Å². The fourth-order valence-electron chi connectivity index (χ4n) is 1.87. The average molecular weight is 270 g/mol. The number of aldehydes is 1. The number of nitrogens with zero attached hydrogens (tertiary/aromatic N) is 4. The molecule has 2 heterocycles. The Labute approximate surface area is 113 Å². The number of hydrogen-bond donors (Lipinski definition) is 0. The fourth-order valence-corrected chi connectivity index (χ4v) is 1.87. The van der Waals surface area contributed by atoms with Crippen molar-refractivity contribution >= 4 is 6.29 Å². The highest BCUT2D eigenvalue weighted by atomic mass is 16.5. The van der Waals surface area contributed by atoms with Crippen molar-refractivity contribution in [2.75, 3.05) is 7.11 Å². The lowest BCUT2D eigenvalue weighted by Crippen LogP contribution is -1.98. The maximum absolute atomic E-state index is 10.7. The summed E-state index contributed by atoms with van der Waals surface area (Å²) in [5.41, 5.74) is 1.45. The molecule has 7 heteroatoms. The van der Waals surface area contributed by atoms with Gasteiger partial charge in [-0.1, -0.05) is 0 Å². The summed E-state index contributed by atoms with van der Waals surface area (Å²) in [6.07, 6.45) is 2.13. The van der Waals surface area contributed by atoms with Gasteiger partial charge in [0.15, 0.2) is 12.0 Å². The predicted octanol–water partition coefficient (Wildman–Crippen LogP) is 1.74. The van der Waals surface area contributed by atoms with Gasteiger partial charge in [-0.05, 0) is 40.8 Å². The van der Waals surface area contributed by atoms with E-state index in [2.05, 4.69) is 15.5 Å². The standard InChI is InChI=1S/C13H10N4O3/c1-19-9-2-4-12(17-8-14-15-16-17)11(6-9)13-5-3-10(7-18)20-13/h2-8H,1H3. The van der Waals surface area contributed by atoms with Gasteiger partial charge in [-0.15, -0.1) is 5.10 Å². The van der Waals surface area contributed by atoms with Crippen LogP contribution in [0.4, 0.5) is 0 Å². The fraction of sp³-hybridized carbons (Fsp3) is 0.0769. The molecule has 0 radical (unpaired) electrons. The van der Waals surface area contributed by atoms with E-state index >= 15 is 0 Å². The summed E-state index contributed by atoms with van der Waals surface area (Å²) < 4.78 is 12.2. The highest BCUT2D eigenvalue weighted by Gasteiger charge is 2.13. The maximum Gasteiger partial charge on any atom is 0.185 e. The summed E-state index contributed by atoms with van der Waals surface area (Å²) in [5, 5.41) is 11.1. The highest BCUT2D eigenvalue weighted by Crippen LogP contribution is 2.31. The zero-order chi connectivity index (χ0) is 13.9. The van der Waals surface area contributed by atoms with Gasteiger partial charge in [0, 0.05) is 5.56 Å². The number of ether oxygens (including phenoxy) is 1. The minimum Gasteiger partial charge on any atom is -0.497 e. The number of hydrogen-bond acceptors (Lipinski definition) is 6. The summed E-state index contributed by atoms with van der Waals surface area (Å²) in [7, 11) is 1.58. The number of rotatable bonds is 4. The lowest BCUT2D eigenvalue weighted by molar-refractivity contribution is 0.110. The average Bonchev–Trinajstić information content (AvgIpc) is 3.17. The predicted molar refractivity (Wildman–Crippen MR) is 68.8 cm³/mol. The highest BCUT2D eigenvalue weighted by molar-refractivity contribution is 5.75. The molecule has 0 N–H and O–H groups in total. The van der Waals surface area contributed by atoms with Crippen molar-refractivity contribution in [1.29, 1.82) is 0 Å². The molecule has 0 aliphatic rings. The molecule has 3 aromatic rings. The number of benzene rings is 1. The zero-order valence-electron chi connectivity index (χ0n) is 10.6. The van der Waals surface area contributed by atoms with Crippen LogP contribution in [0.1, 0.15) is 10.6 Å². The van der Waals surface area contributed by atoms with Gasteiger partial charge < -0.3 is 9.15 Å². The molecule has 0 aliphatic carbocycles. The second-order valence-corrected chi connectivity index (χ2v) is 3.96. The van der Waals surface area contributed by atoms with Crippen molar-refractivity contribution in [2.24, 2.45) is 0 Å². The van der Waals surface area contributed by atoms with E-state index in [4.69, 9.17) is 9.15 Å². The van der Waals surface area contributed by atoms with Gasteiger partial charge in [-0.3, -0.25) is 4.79 Å². The molecule has 0 fully saturated rings. The van der Waals surface area contributed by atoms with Crippen LogP contribution in [0.2, 0.25) is 0 Å². The summed E-state index contributed by atoms with van der Waals surface area (Å²) in [5.74, 6) is 1.46. The minimum absolute atomic E-state index is 0.255. The Hall–Kier alpha value is -2.96.